The van der Waals surface area contributed by atoms with Crippen LogP contribution < -0.4 is 9.62 Å². The van der Waals surface area contributed by atoms with E-state index in [0.717, 1.165) is 4.31 Å². The van der Waals surface area contributed by atoms with E-state index in [2.05, 4.69) is 5.32 Å². The highest BCUT2D eigenvalue weighted by Crippen LogP contribution is 2.30. The molecule has 0 saturated heterocycles. The summed E-state index contributed by atoms with van der Waals surface area (Å²) in [6.45, 7) is 6.44. The van der Waals surface area contributed by atoms with E-state index < -0.39 is 28.5 Å². The Labute approximate surface area is 234 Å². The minimum absolute atomic E-state index is 0.0128. The summed E-state index contributed by atoms with van der Waals surface area (Å²) in [5, 5.41) is 3.58. The molecule has 202 valence electrons. The molecule has 0 aliphatic heterocycles. The molecule has 0 fully saturated rings. The van der Waals surface area contributed by atoms with Crippen molar-refractivity contribution in [2.45, 2.75) is 51.2 Å². The van der Waals surface area contributed by atoms with Gasteiger partial charge in [-0.15, -0.1) is 0 Å². The lowest BCUT2D eigenvalue weighted by Crippen LogP contribution is -2.52. The number of hydrogen-bond donors (Lipinski definition) is 1. The molecule has 0 radical (unpaired) electrons. The normalized spacial score (nSPS) is 12.2. The third kappa shape index (κ3) is 7.07. The van der Waals surface area contributed by atoms with Gasteiger partial charge in [-0.2, -0.15) is 0 Å². The Morgan fingerprint density at radius 3 is 2.18 bits per heavy atom. The number of carbonyl (C=O) groups excluding carboxylic acids is 2. The Morgan fingerprint density at radius 2 is 1.55 bits per heavy atom. The number of aryl methyl sites for hydroxylation is 1. The van der Waals surface area contributed by atoms with Gasteiger partial charge in [-0.3, -0.25) is 13.9 Å². The zero-order valence-electron chi connectivity index (χ0n) is 21.7. The number of halogens is 2. The van der Waals surface area contributed by atoms with E-state index in [0.29, 0.717) is 21.2 Å². The minimum Gasteiger partial charge on any atom is -0.352 e. The van der Waals surface area contributed by atoms with Gasteiger partial charge in [-0.25, -0.2) is 8.42 Å². The number of nitrogens with zero attached hydrogens (tertiary/aromatic N) is 2. The fraction of sp³-hybridized carbons (Fsp3) is 0.286. The molecule has 1 N–H and O–H groups in total. The molecule has 3 rings (SSSR count). The molecule has 1 atom stereocenters. The monoisotopic (exact) mass is 575 g/mol. The second-order valence-corrected chi connectivity index (χ2v) is 11.9. The zero-order valence-corrected chi connectivity index (χ0v) is 24.0. The number of benzene rings is 3. The lowest BCUT2D eigenvalue weighted by molar-refractivity contribution is -0.139. The first-order chi connectivity index (χ1) is 17.9. The number of hydrogen-bond acceptors (Lipinski definition) is 4. The van der Waals surface area contributed by atoms with Crippen LogP contribution in [0.15, 0.2) is 77.7 Å². The smallest absolute Gasteiger partial charge is 0.264 e. The fourth-order valence-corrected chi connectivity index (χ4v) is 5.74. The molecule has 0 heterocycles. The van der Waals surface area contributed by atoms with Crippen LogP contribution in [0, 0.1) is 6.92 Å². The summed E-state index contributed by atoms with van der Waals surface area (Å²) in [5.74, 6) is -0.938. The molecule has 0 saturated carbocycles. The van der Waals surface area contributed by atoms with Gasteiger partial charge in [0.25, 0.3) is 10.0 Å². The Balaban J connectivity index is 2.08. The van der Waals surface area contributed by atoms with E-state index in [9.17, 15) is 18.0 Å². The first-order valence-electron chi connectivity index (χ1n) is 12.1. The van der Waals surface area contributed by atoms with Crippen LogP contribution in [0.1, 0.15) is 31.9 Å². The van der Waals surface area contributed by atoms with Crippen LogP contribution in [0.2, 0.25) is 10.0 Å². The number of anilines is 1. The SMILES string of the molecule is Cc1ccc(Cl)cc1N(CC(=O)N(Cc1ccccc1Cl)[C@H](C)C(=O)NC(C)C)S(=O)(=O)c1ccccc1. The number of amides is 2. The number of carbonyl (C=O) groups is 2. The van der Waals surface area contributed by atoms with Crippen LogP contribution in [-0.4, -0.2) is 43.8 Å². The van der Waals surface area contributed by atoms with Gasteiger partial charge in [-0.05, 0) is 69.2 Å². The van der Waals surface area contributed by atoms with Crippen LogP contribution in [-0.2, 0) is 26.2 Å². The highest BCUT2D eigenvalue weighted by Gasteiger charge is 2.33. The van der Waals surface area contributed by atoms with Crippen LogP contribution in [0.25, 0.3) is 0 Å². The molecule has 38 heavy (non-hydrogen) atoms. The van der Waals surface area contributed by atoms with Gasteiger partial charge >= 0.3 is 0 Å². The Morgan fingerprint density at radius 1 is 0.921 bits per heavy atom. The van der Waals surface area contributed by atoms with Gasteiger partial charge in [0.05, 0.1) is 10.6 Å². The van der Waals surface area contributed by atoms with E-state index in [4.69, 9.17) is 23.2 Å². The van der Waals surface area contributed by atoms with Crippen LogP contribution >= 0.6 is 23.2 Å². The molecule has 0 spiro atoms. The summed E-state index contributed by atoms with van der Waals surface area (Å²) in [6, 6.07) is 18.7. The quantitative estimate of drug-likeness (QED) is 0.348. The molecular weight excluding hydrogens is 545 g/mol. The van der Waals surface area contributed by atoms with Gasteiger partial charge < -0.3 is 10.2 Å². The largest absolute Gasteiger partial charge is 0.352 e. The van der Waals surface area contributed by atoms with Gasteiger partial charge in [-0.1, -0.05) is 65.7 Å². The summed E-state index contributed by atoms with van der Waals surface area (Å²) in [6.07, 6.45) is 0. The van der Waals surface area contributed by atoms with Crippen molar-refractivity contribution >= 4 is 50.7 Å². The Hall–Kier alpha value is -3.07. The van der Waals surface area contributed by atoms with Crippen LogP contribution in [0.3, 0.4) is 0 Å². The number of sulfonamides is 1. The van der Waals surface area contributed by atoms with Crippen molar-refractivity contribution in [1.29, 1.82) is 0 Å². The maximum atomic E-state index is 13.9. The summed E-state index contributed by atoms with van der Waals surface area (Å²) in [5.41, 5.74) is 1.51. The zero-order chi connectivity index (χ0) is 28.0. The predicted octanol–water partition coefficient (Wildman–Crippen LogP) is 5.44. The summed E-state index contributed by atoms with van der Waals surface area (Å²) in [7, 11) is -4.17. The van der Waals surface area contributed by atoms with Crippen molar-refractivity contribution in [3.8, 4) is 0 Å². The van der Waals surface area contributed by atoms with Crippen molar-refractivity contribution in [2.24, 2.45) is 0 Å². The second-order valence-electron chi connectivity index (χ2n) is 9.21. The number of nitrogens with one attached hydrogen (secondary N) is 1. The molecule has 7 nitrogen and oxygen atoms in total. The molecule has 3 aromatic rings. The molecular formula is C28H31Cl2N3O4S. The molecule has 0 unspecified atom stereocenters. The summed E-state index contributed by atoms with van der Waals surface area (Å²) in [4.78, 5) is 28.2. The van der Waals surface area contributed by atoms with E-state index in [1.54, 1.807) is 68.4 Å². The third-order valence-electron chi connectivity index (χ3n) is 5.95. The van der Waals surface area contributed by atoms with Crippen molar-refractivity contribution in [3.05, 3.63) is 94.0 Å². The highest BCUT2D eigenvalue weighted by molar-refractivity contribution is 7.92. The van der Waals surface area contributed by atoms with Crippen LogP contribution in [0.4, 0.5) is 5.69 Å². The van der Waals surface area contributed by atoms with E-state index in [1.807, 2.05) is 13.8 Å². The first-order valence-corrected chi connectivity index (χ1v) is 14.3. The van der Waals surface area contributed by atoms with Crippen molar-refractivity contribution < 1.29 is 18.0 Å². The lowest BCUT2D eigenvalue weighted by atomic mass is 10.1. The highest BCUT2D eigenvalue weighted by atomic mass is 35.5. The maximum Gasteiger partial charge on any atom is 0.264 e. The molecule has 0 aliphatic rings. The first kappa shape index (κ1) is 29.5. The average molecular weight is 577 g/mol. The second kappa shape index (κ2) is 12.7. The van der Waals surface area contributed by atoms with Crippen molar-refractivity contribution in [3.63, 3.8) is 0 Å². The van der Waals surface area contributed by atoms with Crippen LogP contribution in [0.5, 0.6) is 0 Å². The summed E-state index contributed by atoms with van der Waals surface area (Å²) >= 11 is 12.6. The average Bonchev–Trinajstić information content (AvgIpc) is 2.88. The lowest BCUT2D eigenvalue weighted by Gasteiger charge is -2.33. The molecule has 0 bridgehead atoms. The molecule has 3 aromatic carbocycles. The molecule has 10 heteroatoms. The topological polar surface area (TPSA) is 86.8 Å². The third-order valence-corrected chi connectivity index (χ3v) is 8.32. The van der Waals surface area contributed by atoms with Gasteiger partial charge in [0.1, 0.15) is 12.6 Å². The maximum absolute atomic E-state index is 13.9. The van der Waals surface area contributed by atoms with Gasteiger partial charge in [0, 0.05) is 22.6 Å². The van der Waals surface area contributed by atoms with E-state index in [1.165, 1.54) is 23.1 Å². The molecule has 2 amide bonds. The Bertz CT molecular complexity index is 1400. The summed E-state index contributed by atoms with van der Waals surface area (Å²) < 4.78 is 28.7. The minimum atomic E-state index is -4.17. The predicted molar refractivity (Wildman–Crippen MR) is 152 cm³/mol. The standard InChI is InChI=1S/C28H31Cl2N3O4S/c1-19(2)31-28(35)21(4)32(17-22-10-8-9-13-25(22)30)27(34)18-33(26-16-23(29)15-14-20(26)3)38(36,37)24-11-6-5-7-12-24/h5-16,19,21H,17-18H2,1-4H3,(H,31,35)/t21-/m1/s1. The van der Waals surface area contributed by atoms with Crippen molar-refractivity contribution in [2.75, 3.05) is 10.8 Å². The fourth-order valence-electron chi connectivity index (χ4n) is 3.88. The van der Waals surface area contributed by atoms with E-state index in [-0.39, 0.29) is 29.1 Å². The van der Waals surface area contributed by atoms with E-state index >= 15 is 0 Å². The number of rotatable bonds is 10. The van der Waals surface area contributed by atoms with Gasteiger partial charge in [0.2, 0.25) is 11.8 Å². The van der Waals surface area contributed by atoms with Gasteiger partial charge in [0.15, 0.2) is 0 Å². The Kier molecular flexibility index (Phi) is 9.82. The molecule has 0 aliphatic carbocycles. The molecule has 0 aromatic heterocycles. The van der Waals surface area contributed by atoms with Crippen molar-refractivity contribution in [1.82, 2.24) is 10.2 Å².